The van der Waals surface area contributed by atoms with Gasteiger partial charge in [-0.25, -0.2) is 4.98 Å². The second kappa shape index (κ2) is 2.27. The van der Waals surface area contributed by atoms with Gasteiger partial charge in [0.2, 0.25) is 0 Å². The van der Waals surface area contributed by atoms with Crippen LogP contribution in [0.25, 0.3) is 0 Å². The summed E-state index contributed by atoms with van der Waals surface area (Å²) in [4.78, 5) is 5.31. The topological polar surface area (TPSA) is 36.7 Å². The molecule has 0 unspecified atom stereocenters. The molecule has 0 atom stereocenters. The Kier molecular flexibility index (Phi) is 1.62. The van der Waals surface area contributed by atoms with Crippen molar-refractivity contribution in [3.8, 4) is 0 Å². The van der Waals surface area contributed by atoms with Crippen molar-refractivity contribution in [1.82, 2.24) is 4.98 Å². The Labute approximate surface area is 58.1 Å². The first-order chi connectivity index (χ1) is 4.24. The maximum atomic E-state index is 6.88. The maximum absolute atomic E-state index is 6.88. The van der Waals surface area contributed by atoms with Gasteiger partial charge in [-0.15, -0.1) is 11.3 Å². The number of rotatable bonds is 1. The zero-order chi connectivity index (χ0) is 6.85. The average Bonchev–Trinajstić information content (AvgIpc) is 2.13. The van der Waals surface area contributed by atoms with Crippen LogP contribution in [0, 0.1) is 19.3 Å². The van der Waals surface area contributed by atoms with E-state index in [9.17, 15) is 0 Å². The highest BCUT2D eigenvalue weighted by atomic mass is 32.1. The lowest BCUT2D eigenvalue weighted by Crippen LogP contribution is -1.76. The predicted molar refractivity (Wildman–Crippen MR) is 39.5 cm³/mol. The summed E-state index contributed by atoms with van der Waals surface area (Å²) in [6, 6.07) is 0. The molecule has 0 amide bonds. The van der Waals surface area contributed by atoms with Gasteiger partial charge in [0.05, 0.1) is 11.9 Å². The molecule has 0 saturated carbocycles. The van der Waals surface area contributed by atoms with Gasteiger partial charge in [-0.2, -0.15) is 0 Å². The molecule has 1 rings (SSSR count). The quantitative estimate of drug-likeness (QED) is 0.593. The molecule has 48 valence electrons. The van der Waals surface area contributed by atoms with Crippen LogP contribution in [0.1, 0.15) is 15.6 Å². The lowest BCUT2D eigenvalue weighted by Gasteiger charge is -1.77. The molecule has 0 fully saturated rings. The largest absolute Gasteiger partial charge is 0.306 e. The van der Waals surface area contributed by atoms with E-state index in [0.29, 0.717) is 0 Å². The van der Waals surface area contributed by atoms with Crippen LogP contribution in [-0.2, 0) is 0 Å². The van der Waals surface area contributed by atoms with Crippen molar-refractivity contribution in [1.29, 1.82) is 5.41 Å². The van der Waals surface area contributed by atoms with Crippen LogP contribution in [0.4, 0.5) is 0 Å². The fourth-order valence-corrected chi connectivity index (χ4v) is 1.31. The van der Waals surface area contributed by atoms with E-state index in [-0.39, 0.29) is 0 Å². The molecule has 1 aromatic rings. The fourth-order valence-electron chi connectivity index (χ4n) is 0.559. The first-order valence-corrected chi connectivity index (χ1v) is 3.50. The van der Waals surface area contributed by atoms with E-state index in [2.05, 4.69) is 4.98 Å². The molecule has 0 aromatic carbocycles. The molecule has 0 saturated heterocycles. The molecule has 1 N–H and O–H groups in total. The van der Waals surface area contributed by atoms with Crippen molar-refractivity contribution in [2.24, 2.45) is 0 Å². The van der Waals surface area contributed by atoms with Gasteiger partial charge in [0.1, 0.15) is 5.01 Å². The van der Waals surface area contributed by atoms with Gasteiger partial charge < -0.3 is 5.41 Å². The Hall–Kier alpha value is -0.700. The molecule has 3 heteroatoms. The van der Waals surface area contributed by atoms with E-state index in [1.165, 1.54) is 11.1 Å². The minimum atomic E-state index is 0.796. The number of nitrogens with one attached hydrogen (secondary N) is 1. The monoisotopic (exact) mass is 140 g/mol. The predicted octanol–water partition coefficient (Wildman–Crippen LogP) is 1.76. The zero-order valence-corrected chi connectivity index (χ0v) is 6.25. The van der Waals surface area contributed by atoms with Gasteiger partial charge in [-0.3, -0.25) is 0 Å². The number of aryl methyl sites for hydroxylation is 2. The maximum Gasteiger partial charge on any atom is 0.134 e. The molecule has 0 aliphatic rings. The van der Waals surface area contributed by atoms with Crippen LogP contribution < -0.4 is 0 Å². The Morgan fingerprint density at radius 3 is 2.44 bits per heavy atom. The summed E-state index contributed by atoms with van der Waals surface area (Å²) in [6.07, 6.45) is 1.28. The van der Waals surface area contributed by atoms with Gasteiger partial charge >= 0.3 is 0 Å². The summed E-state index contributed by atoms with van der Waals surface area (Å²) in [7, 11) is 0. The van der Waals surface area contributed by atoms with Gasteiger partial charge in [0, 0.05) is 4.88 Å². The summed E-state index contributed by atoms with van der Waals surface area (Å²) in [5, 5.41) is 7.67. The number of nitrogens with zero attached hydrogens (tertiary/aromatic N) is 1. The van der Waals surface area contributed by atoms with E-state index in [4.69, 9.17) is 5.41 Å². The number of aromatic nitrogens is 1. The molecular formula is C6H8N2S. The number of hydrogen-bond donors (Lipinski definition) is 1. The van der Waals surface area contributed by atoms with Crippen LogP contribution in [-0.4, -0.2) is 11.2 Å². The summed E-state index contributed by atoms with van der Waals surface area (Å²) in [5.41, 5.74) is 1.04. The third-order valence-corrected chi connectivity index (χ3v) is 2.19. The van der Waals surface area contributed by atoms with Crippen molar-refractivity contribution in [3.05, 3.63) is 15.6 Å². The number of hydrogen-bond acceptors (Lipinski definition) is 3. The van der Waals surface area contributed by atoms with E-state index < -0.39 is 0 Å². The highest BCUT2D eigenvalue weighted by molar-refractivity contribution is 7.13. The smallest absolute Gasteiger partial charge is 0.134 e. The Balaban J connectivity index is 3.11. The van der Waals surface area contributed by atoms with E-state index in [1.54, 1.807) is 11.3 Å². The van der Waals surface area contributed by atoms with E-state index in [0.717, 1.165) is 10.7 Å². The Morgan fingerprint density at radius 1 is 1.56 bits per heavy atom. The number of thiazole rings is 1. The molecule has 1 heterocycles. The lowest BCUT2D eigenvalue weighted by atomic mass is 10.4. The van der Waals surface area contributed by atoms with Crippen LogP contribution >= 0.6 is 11.3 Å². The zero-order valence-electron chi connectivity index (χ0n) is 5.43. The highest BCUT2D eigenvalue weighted by Gasteiger charge is 1.98. The SMILES string of the molecule is Cc1nc(C=N)sc1C. The fraction of sp³-hybridized carbons (Fsp3) is 0.333. The molecule has 0 aliphatic heterocycles. The van der Waals surface area contributed by atoms with Crippen LogP contribution in [0.2, 0.25) is 0 Å². The minimum absolute atomic E-state index is 0.796. The minimum Gasteiger partial charge on any atom is -0.306 e. The van der Waals surface area contributed by atoms with E-state index >= 15 is 0 Å². The second-order valence-electron chi connectivity index (χ2n) is 1.84. The summed E-state index contributed by atoms with van der Waals surface area (Å²) in [6.45, 7) is 3.97. The Bertz CT molecular complexity index is 207. The summed E-state index contributed by atoms with van der Waals surface area (Å²) >= 11 is 1.56. The summed E-state index contributed by atoms with van der Waals surface area (Å²) in [5.74, 6) is 0. The van der Waals surface area contributed by atoms with Crippen LogP contribution in [0.5, 0.6) is 0 Å². The molecule has 0 aliphatic carbocycles. The van der Waals surface area contributed by atoms with Gasteiger partial charge in [0.15, 0.2) is 0 Å². The van der Waals surface area contributed by atoms with Crippen LogP contribution in [0.3, 0.4) is 0 Å². The summed E-state index contributed by atoms with van der Waals surface area (Å²) < 4.78 is 0. The molecule has 2 nitrogen and oxygen atoms in total. The molecule has 0 bridgehead atoms. The van der Waals surface area contributed by atoms with Crippen molar-refractivity contribution in [3.63, 3.8) is 0 Å². The van der Waals surface area contributed by atoms with Gasteiger partial charge in [-0.05, 0) is 13.8 Å². The molecule has 1 aromatic heterocycles. The standard InChI is InChI=1S/C6H8N2S/c1-4-5(2)9-6(3-7)8-4/h3,7H,1-2H3. The highest BCUT2D eigenvalue weighted by Crippen LogP contribution is 2.13. The normalized spacial score (nSPS) is 9.56. The third-order valence-electron chi connectivity index (χ3n) is 1.17. The first kappa shape index (κ1) is 6.42. The average molecular weight is 140 g/mol. The second-order valence-corrected chi connectivity index (χ2v) is 3.07. The lowest BCUT2D eigenvalue weighted by molar-refractivity contribution is 1.22. The van der Waals surface area contributed by atoms with Crippen molar-refractivity contribution < 1.29 is 0 Å². The van der Waals surface area contributed by atoms with Crippen molar-refractivity contribution in [2.75, 3.05) is 0 Å². The molecule has 9 heavy (non-hydrogen) atoms. The van der Waals surface area contributed by atoms with E-state index in [1.807, 2.05) is 13.8 Å². The molecular weight excluding hydrogens is 132 g/mol. The first-order valence-electron chi connectivity index (χ1n) is 2.68. The van der Waals surface area contributed by atoms with Gasteiger partial charge in [0.25, 0.3) is 0 Å². The molecule has 0 radical (unpaired) electrons. The third kappa shape index (κ3) is 1.16. The van der Waals surface area contributed by atoms with Crippen LogP contribution in [0.15, 0.2) is 0 Å². The van der Waals surface area contributed by atoms with Gasteiger partial charge in [-0.1, -0.05) is 0 Å². The van der Waals surface area contributed by atoms with Crippen molar-refractivity contribution in [2.45, 2.75) is 13.8 Å². The molecule has 0 spiro atoms. The van der Waals surface area contributed by atoms with Crippen molar-refractivity contribution >= 4 is 17.6 Å². The Morgan fingerprint density at radius 2 is 2.22 bits per heavy atom.